The first-order chi connectivity index (χ1) is 8.04. The second-order valence-corrected chi connectivity index (χ2v) is 5.89. The molecule has 2 rings (SSSR count). The van der Waals surface area contributed by atoms with E-state index in [1.165, 1.54) is 0 Å². The summed E-state index contributed by atoms with van der Waals surface area (Å²) < 4.78 is 24.6. The molecule has 1 aromatic rings. The van der Waals surface area contributed by atoms with Crippen molar-refractivity contribution in [1.29, 1.82) is 0 Å². The Morgan fingerprint density at radius 2 is 1.88 bits per heavy atom. The van der Waals surface area contributed by atoms with Crippen LogP contribution in [0.5, 0.6) is 0 Å². The largest absolute Gasteiger partial charge is 0.326 e. The van der Waals surface area contributed by atoms with Crippen LogP contribution in [0, 0.1) is 0 Å². The van der Waals surface area contributed by atoms with E-state index in [9.17, 15) is 13.2 Å². The van der Waals surface area contributed by atoms with Crippen molar-refractivity contribution >= 4 is 21.6 Å². The van der Waals surface area contributed by atoms with Gasteiger partial charge in [0.05, 0.1) is 11.4 Å². The third kappa shape index (κ3) is 2.32. The van der Waals surface area contributed by atoms with Crippen molar-refractivity contribution in [2.45, 2.75) is 19.4 Å². The molecule has 1 aromatic carbocycles. The predicted octanol–water partition coefficient (Wildman–Crippen LogP) is 0.602. The first-order valence-electron chi connectivity index (χ1n) is 5.39. The number of amides is 1. The average Bonchev–Trinajstić information content (AvgIpc) is 2.28. The molecule has 0 spiro atoms. The minimum atomic E-state index is -3.49. The summed E-state index contributed by atoms with van der Waals surface area (Å²) in [6.07, 6.45) is 0.677. The first-order valence-corrected chi connectivity index (χ1v) is 7.00. The first kappa shape index (κ1) is 12.1. The maximum absolute atomic E-state index is 11.8. The number of hydrogen-bond donors (Lipinski definition) is 1. The Balaban J connectivity index is 2.39. The molecule has 1 aliphatic rings. The van der Waals surface area contributed by atoms with E-state index >= 15 is 0 Å². The number of nitrogens with two attached hydrogens (primary N) is 1. The Hall–Kier alpha value is -1.40. The highest BCUT2D eigenvalue weighted by Crippen LogP contribution is 2.24. The van der Waals surface area contributed by atoms with Gasteiger partial charge in [0, 0.05) is 13.0 Å². The van der Waals surface area contributed by atoms with Crippen molar-refractivity contribution in [1.82, 2.24) is 0 Å². The van der Waals surface area contributed by atoms with Crippen LogP contribution in [0.4, 0.5) is 5.69 Å². The van der Waals surface area contributed by atoms with Gasteiger partial charge in [0.2, 0.25) is 15.9 Å². The lowest BCUT2D eigenvalue weighted by Crippen LogP contribution is -2.42. The van der Waals surface area contributed by atoms with Crippen molar-refractivity contribution in [2.75, 3.05) is 10.1 Å². The molecule has 0 atom stereocenters. The van der Waals surface area contributed by atoms with E-state index in [2.05, 4.69) is 0 Å². The third-order valence-electron chi connectivity index (χ3n) is 2.70. The van der Waals surface area contributed by atoms with Gasteiger partial charge < -0.3 is 5.73 Å². The smallest absolute Gasteiger partial charge is 0.241 e. The van der Waals surface area contributed by atoms with E-state index in [1.54, 1.807) is 24.3 Å². The topological polar surface area (TPSA) is 80.5 Å². The Kier molecular flexibility index (Phi) is 3.17. The fourth-order valence-electron chi connectivity index (χ4n) is 1.83. The van der Waals surface area contributed by atoms with E-state index in [1.807, 2.05) is 0 Å². The Bertz CT molecular complexity index is 522. The molecule has 1 heterocycles. The Morgan fingerprint density at radius 3 is 2.41 bits per heavy atom. The summed E-state index contributed by atoms with van der Waals surface area (Å²) in [6, 6.07) is 6.69. The summed E-state index contributed by atoms with van der Waals surface area (Å²) >= 11 is 0. The fraction of sp³-hybridized carbons (Fsp3) is 0.364. The van der Waals surface area contributed by atoms with Crippen LogP contribution >= 0.6 is 0 Å². The number of rotatable bonds is 2. The van der Waals surface area contributed by atoms with E-state index in [4.69, 9.17) is 5.73 Å². The molecular weight excluding hydrogens is 240 g/mol. The SMILES string of the molecule is NCc1ccc(N2C(=O)CCCS2(=O)=O)cc1. The maximum Gasteiger partial charge on any atom is 0.241 e. The van der Waals surface area contributed by atoms with Gasteiger partial charge in [-0.2, -0.15) is 0 Å². The molecular formula is C11H14N2O3S. The zero-order valence-electron chi connectivity index (χ0n) is 9.30. The van der Waals surface area contributed by atoms with Gasteiger partial charge in [0.1, 0.15) is 0 Å². The molecule has 1 fully saturated rings. The molecule has 17 heavy (non-hydrogen) atoms. The summed E-state index contributed by atoms with van der Waals surface area (Å²) in [5.74, 6) is -0.339. The van der Waals surface area contributed by atoms with Gasteiger partial charge >= 0.3 is 0 Å². The normalized spacial score (nSPS) is 19.4. The quantitative estimate of drug-likeness (QED) is 0.838. The highest BCUT2D eigenvalue weighted by atomic mass is 32.2. The van der Waals surface area contributed by atoms with Crippen molar-refractivity contribution in [3.8, 4) is 0 Å². The summed E-state index contributed by atoms with van der Waals surface area (Å²) in [4.78, 5) is 11.7. The minimum Gasteiger partial charge on any atom is -0.326 e. The second-order valence-electron chi connectivity index (χ2n) is 3.95. The van der Waals surface area contributed by atoms with Crippen molar-refractivity contribution in [3.63, 3.8) is 0 Å². The molecule has 0 saturated carbocycles. The van der Waals surface area contributed by atoms with Crippen LogP contribution in [0.2, 0.25) is 0 Å². The molecule has 92 valence electrons. The van der Waals surface area contributed by atoms with E-state index in [-0.39, 0.29) is 18.1 Å². The number of carbonyl (C=O) groups is 1. The minimum absolute atomic E-state index is 0.0252. The van der Waals surface area contributed by atoms with Gasteiger partial charge in [-0.1, -0.05) is 12.1 Å². The highest BCUT2D eigenvalue weighted by Gasteiger charge is 2.32. The maximum atomic E-state index is 11.8. The van der Waals surface area contributed by atoms with Crippen LogP contribution in [0.25, 0.3) is 0 Å². The van der Waals surface area contributed by atoms with E-state index in [0.717, 1.165) is 9.87 Å². The zero-order valence-corrected chi connectivity index (χ0v) is 10.1. The monoisotopic (exact) mass is 254 g/mol. The molecule has 0 aliphatic carbocycles. The van der Waals surface area contributed by atoms with Crippen LogP contribution in [0.3, 0.4) is 0 Å². The van der Waals surface area contributed by atoms with Crippen LogP contribution in [0.15, 0.2) is 24.3 Å². The number of anilines is 1. The van der Waals surface area contributed by atoms with E-state index in [0.29, 0.717) is 18.7 Å². The summed E-state index contributed by atoms with van der Waals surface area (Å²) in [7, 11) is -3.49. The van der Waals surface area contributed by atoms with Gasteiger partial charge in [-0.25, -0.2) is 12.7 Å². The van der Waals surface area contributed by atoms with Crippen molar-refractivity contribution in [3.05, 3.63) is 29.8 Å². The molecule has 2 N–H and O–H groups in total. The molecule has 1 aliphatic heterocycles. The Labute approximate surface area is 100 Å². The van der Waals surface area contributed by atoms with E-state index < -0.39 is 10.0 Å². The summed E-state index contributed by atoms with van der Waals surface area (Å²) in [6.45, 7) is 0.390. The lowest BCUT2D eigenvalue weighted by Gasteiger charge is -2.26. The molecule has 0 bridgehead atoms. The van der Waals surface area contributed by atoms with Crippen molar-refractivity contribution < 1.29 is 13.2 Å². The number of benzene rings is 1. The predicted molar refractivity (Wildman–Crippen MR) is 64.8 cm³/mol. The molecule has 1 amide bonds. The molecule has 5 nitrogen and oxygen atoms in total. The van der Waals surface area contributed by atoms with Crippen LogP contribution < -0.4 is 10.0 Å². The lowest BCUT2D eigenvalue weighted by atomic mass is 10.2. The van der Waals surface area contributed by atoms with Crippen LogP contribution in [-0.4, -0.2) is 20.1 Å². The van der Waals surface area contributed by atoms with Gasteiger partial charge in [-0.3, -0.25) is 4.79 Å². The third-order valence-corrected chi connectivity index (χ3v) is 4.48. The fourth-order valence-corrected chi connectivity index (χ4v) is 3.36. The summed E-state index contributed by atoms with van der Waals surface area (Å²) in [5.41, 5.74) is 6.75. The van der Waals surface area contributed by atoms with Crippen LogP contribution in [-0.2, 0) is 21.4 Å². The molecule has 0 aromatic heterocycles. The number of hydrogen-bond acceptors (Lipinski definition) is 4. The zero-order chi connectivity index (χ0) is 12.5. The van der Waals surface area contributed by atoms with Crippen LogP contribution in [0.1, 0.15) is 18.4 Å². The molecule has 0 unspecified atom stereocenters. The number of sulfonamides is 1. The van der Waals surface area contributed by atoms with Gasteiger partial charge in [0.25, 0.3) is 0 Å². The number of carbonyl (C=O) groups excluding carboxylic acids is 1. The van der Waals surface area contributed by atoms with Gasteiger partial charge in [-0.05, 0) is 24.1 Å². The second kappa shape index (κ2) is 4.46. The highest BCUT2D eigenvalue weighted by molar-refractivity contribution is 7.93. The van der Waals surface area contributed by atoms with Gasteiger partial charge in [-0.15, -0.1) is 0 Å². The lowest BCUT2D eigenvalue weighted by molar-refractivity contribution is -0.117. The summed E-state index contributed by atoms with van der Waals surface area (Å²) in [5, 5.41) is 0. The Morgan fingerprint density at radius 1 is 1.24 bits per heavy atom. The molecule has 0 radical (unpaired) electrons. The molecule has 6 heteroatoms. The van der Waals surface area contributed by atoms with Crippen molar-refractivity contribution in [2.24, 2.45) is 5.73 Å². The average molecular weight is 254 g/mol. The number of nitrogens with zero attached hydrogens (tertiary/aromatic N) is 1. The molecule has 1 saturated heterocycles. The standard InChI is InChI=1S/C11H14N2O3S/c12-8-9-3-5-10(6-4-9)13-11(14)2-1-7-17(13,15)16/h3-6H,1-2,7-8,12H2. The van der Waals surface area contributed by atoms with Gasteiger partial charge in [0.15, 0.2) is 0 Å².